The van der Waals surface area contributed by atoms with Crippen LogP contribution < -0.4 is 5.46 Å². The minimum absolute atomic E-state index is 0.340. The Balaban J connectivity index is 2.50. The van der Waals surface area contributed by atoms with Crippen LogP contribution >= 0.6 is 0 Å². The van der Waals surface area contributed by atoms with Crippen LogP contribution in [0.5, 0.6) is 0 Å². The summed E-state index contributed by atoms with van der Waals surface area (Å²) in [6.07, 6.45) is 0. The second kappa shape index (κ2) is 4.02. The molecule has 1 aromatic carbocycles. The fourth-order valence-corrected chi connectivity index (χ4v) is 3.70. The highest BCUT2D eigenvalue weighted by molar-refractivity contribution is 6.98. The highest BCUT2D eigenvalue weighted by Crippen LogP contribution is 2.61. The van der Waals surface area contributed by atoms with Gasteiger partial charge < -0.3 is 0 Å². The molecule has 1 aliphatic rings. The lowest BCUT2D eigenvalue weighted by Gasteiger charge is -2.26. The molecule has 2 atom stereocenters. The smallest absolute Gasteiger partial charge is 0.0950 e. The molecule has 1 heterocycles. The molecule has 2 unspecified atom stereocenters. The molecule has 0 amide bonds. The first kappa shape index (κ1) is 11.9. The molecule has 0 bridgehead atoms. The lowest BCUT2D eigenvalue weighted by Crippen LogP contribution is -2.31. The molecule has 0 nitrogen and oxygen atoms in total. The van der Waals surface area contributed by atoms with Gasteiger partial charge in [0.05, 0.1) is 7.17 Å². The van der Waals surface area contributed by atoms with Gasteiger partial charge in [-0.3, -0.25) is 0 Å². The van der Waals surface area contributed by atoms with E-state index in [-0.39, 0.29) is 0 Å². The Morgan fingerprint density at radius 3 is 2.38 bits per heavy atom. The molecule has 0 aromatic heterocycles. The molecule has 0 saturated carbocycles. The molecule has 0 aliphatic carbocycles. The third-order valence-electron chi connectivity index (χ3n) is 4.71. The second-order valence-corrected chi connectivity index (χ2v) is 5.42. The topological polar surface area (TPSA) is 0 Å². The molecule has 79 valence electrons. The van der Waals surface area contributed by atoms with Crippen LogP contribution in [0.2, 0.25) is 12.6 Å². The predicted molar refractivity (Wildman–Crippen MR) is 75.1 cm³/mol. The number of benzene rings is 1. The van der Waals surface area contributed by atoms with Crippen LogP contribution in [0.4, 0.5) is 0 Å². The van der Waals surface area contributed by atoms with Crippen molar-refractivity contribution in [3.8, 4) is 0 Å². The van der Waals surface area contributed by atoms with E-state index in [1.54, 1.807) is 7.17 Å². The minimum Gasteiger partial charge on any atom is -0.0950 e. The van der Waals surface area contributed by atoms with Gasteiger partial charge in [-0.2, -0.15) is 0 Å². The van der Waals surface area contributed by atoms with Crippen LogP contribution in [0.3, 0.4) is 0 Å². The lowest BCUT2D eigenvalue weighted by molar-refractivity contribution is 0.495. The number of hydrogen-bond acceptors (Lipinski definition) is 0. The van der Waals surface area contributed by atoms with Gasteiger partial charge in [0.2, 0.25) is 0 Å². The van der Waals surface area contributed by atoms with Gasteiger partial charge >= 0.3 is 0 Å². The van der Waals surface area contributed by atoms with Crippen LogP contribution in [0.15, 0.2) is 24.3 Å². The van der Waals surface area contributed by atoms with E-state index in [9.17, 15) is 0 Å². The fourth-order valence-electron chi connectivity index (χ4n) is 3.70. The first-order valence-corrected chi connectivity index (χ1v) is 6.21. The maximum absolute atomic E-state index is 5.74. The van der Waals surface area contributed by atoms with Gasteiger partial charge in [0.25, 0.3) is 0 Å². The summed E-state index contributed by atoms with van der Waals surface area (Å²) in [5, 5.41) is 0.340. The van der Waals surface area contributed by atoms with Crippen molar-refractivity contribution in [2.45, 2.75) is 38.7 Å². The zero-order valence-electron chi connectivity index (χ0n) is 10.7. The zero-order valence-corrected chi connectivity index (χ0v) is 10.7. The Bertz CT molecular complexity index is 369. The van der Waals surface area contributed by atoms with Crippen molar-refractivity contribution in [2.24, 2.45) is 5.92 Å². The van der Waals surface area contributed by atoms with Crippen molar-refractivity contribution in [3.05, 3.63) is 29.8 Å². The largest absolute Gasteiger partial charge is 0.151 e. The molecule has 1 saturated heterocycles. The van der Waals surface area contributed by atoms with Crippen molar-refractivity contribution in [1.29, 1.82) is 0 Å². The summed E-state index contributed by atoms with van der Waals surface area (Å²) in [6, 6.07) is 8.56. The summed E-state index contributed by atoms with van der Waals surface area (Å²) >= 11 is 0. The van der Waals surface area contributed by atoms with E-state index in [0.29, 0.717) is 11.2 Å². The second-order valence-electron chi connectivity index (χ2n) is 5.42. The summed E-state index contributed by atoms with van der Waals surface area (Å²) < 4.78 is 0. The molecule has 3 heteroatoms. The van der Waals surface area contributed by atoms with Crippen LogP contribution in [-0.2, 0) is 5.31 Å². The molecular weight excluding hydrogens is 189 g/mol. The van der Waals surface area contributed by atoms with Gasteiger partial charge in [-0.05, 0) is 11.2 Å². The van der Waals surface area contributed by atoms with E-state index >= 15 is 0 Å². The Morgan fingerprint density at radius 2 is 1.94 bits per heavy atom. The van der Waals surface area contributed by atoms with Gasteiger partial charge in [-0.25, -0.2) is 0 Å². The summed E-state index contributed by atoms with van der Waals surface area (Å²) in [7, 11) is 7.49. The first-order valence-electron chi connectivity index (χ1n) is 6.21. The molecule has 1 aromatic rings. The maximum atomic E-state index is 5.74. The Kier molecular flexibility index (Phi) is 2.98. The van der Waals surface area contributed by atoms with Crippen LogP contribution in [0.1, 0.15) is 26.3 Å². The molecule has 2 rings (SSSR count). The number of hydrogen-bond donors (Lipinski definition) is 0. The van der Waals surface area contributed by atoms with Gasteiger partial charge in [-0.1, -0.05) is 68.7 Å². The summed E-state index contributed by atoms with van der Waals surface area (Å²) in [4.78, 5) is 0. The third kappa shape index (κ3) is 1.40. The predicted octanol–water partition coefficient (Wildman–Crippen LogP) is 2.06. The van der Waals surface area contributed by atoms with Crippen molar-refractivity contribution in [3.63, 3.8) is 0 Å². The Hall–Kier alpha value is -0.585. The van der Waals surface area contributed by atoms with Crippen LogP contribution in [0.25, 0.3) is 0 Å². The average molecular weight is 207 g/mol. The SMILES string of the molecule is [B][B]c1ccccc1C1(C(C)C)B(C)C1C. The Labute approximate surface area is 102 Å². The monoisotopic (exact) mass is 207 g/mol. The van der Waals surface area contributed by atoms with E-state index in [4.69, 9.17) is 7.74 Å². The number of rotatable bonds is 3. The quantitative estimate of drug-likeness (QED) is 0.665. The van der Waals surface area contributed by atoms with Gasteiger partial charge in [0.1, 0.15) is 0 Å². The van der Waals surface area contributed by atoms with Gasteiger partial charge in [-0.15, -0.1) is 0 Å². The lowest BCUT2D eigenvalue weighted by atomic mass is 9.47. The molecule has 1 fully saturated rings. The van der Waals surface area contributed by atoms with Crippen molar-refractivity contribution in [2.75, 3.05) is 0 Å². The van der Waals surface area contributed by atoms with Crippen molar-refractivity contribution in [1.82, 2.24) is 0 Å². The van der Waals surface area contributed by atoms with Crippen LogP contribution in [0, 0.1) is 5.92 Å². The van der Waals surface area contributed by atoms with E-state index in [1.165, 1.54) is 11.0 Å². The summed E-state index contributed by atoms with van der Waals surface area (Å²) in [5.74, 6) is 1.42. The maximum Gasteiger partial charge on any atom is 0.151 e. The first-order chi connectivity index (χ1) is 7.56. The van der Waals surface area contributed by atoms with Gasteiger partial charge in [0.15, 0.2) is 6.71 Å². The summed E-state index contributed by atoms with van der Waals surface area (Å²) in [5.41, 5.74) is 2.64. The normalized spacial score (nSPS) is 28.3. The van der Waals surface area contributed by atoms with Crippen molar-refractivity contribution >= 4 is 27.1 Å². The minimum atomic E-state index is 0.340. The van der Waals surface area contributed by atoms with E-state index in [0.717, 1.165) is 12.5 Å². The zero-order chi connectivity index (χ0) is 11.9. The molecule has 1 aliphatic heterocycles. The third-order valence-corrected chi connectivity index (χ3v) is 4.71. The highest BCUT2D eigenvalue weighted by atomic mass is 14.5. The van der Waals surface area contributed by atoms with Crippen LogP contribution in [-0.4, -0.2) is 21.6 Å². The van der Waals surface area contributed by atoms with E-state index in [1.807, 2.05) is 0 Å². The average Bonchev–Trinajstić information content (AvgIpc) is 2.83. The standard InChI is InChI=1S/C13H18B3/c1-9(2)13(10(3)16(13)4)11-7-5-6-8-12(11)15-14/h5-10H,1-4H3. The molecule has 0 spiro atoms. The van der Waals surface area contributed by atoms with Crippen molar-refractivity contribution < 1.29 is 0 Å². The van der Waals surface area contributed by atoms with E-state index in [2.05, 4.69) is 51.9 Å². The molecule has 0 N–H and O–H groups in total. The Morgan fingerprint density at radius 1 is 1.38 bits per heavy atom. The molecular formula is C13H18B3. The van der Waals surface area contributed by atoms with E-state index < -0.39 is 0 Å². The molecule has 16 heavy (non-hydrogen) atoms. The molecule has 3 radical (unpaired) electrons. The highest BCUT2D eigenvalue weighted by Gasteiger charge is 2.63. The summed E-state index contributed by atoms with van der Waals surface area (Å²) in [6.45, 7) is 10.1. The fraction of sp³-hybridized carbons (Fsp3) is 0.538. The van der Waals surface area contributed by atoms with Gasteiger partial charge in [0, 0.05) is 7.74 Å².